The molecule has 0 saturated carbocycles. The summed E-state index contributed by atoms with van der Waals surface area (Å²) in [5.74, 6) is 1.56. The molecular weight excluding hydrogens is 258 g/mol. The number of nitrogens with zero attached hydrogens (tertiary/aromatic N) is 2. The third-order valence-electron chi connectivity index (χ3n) is 3.61. The van der Waals surface area contributed by atoms with E-state index in [-0.39, 0.29) is 5.89 Å². The van der Waals surface area contributed by atoms with Crippen LogP contribution in [0.1, 0.15) is 17.9 Å². The van der Waals surface area contributed by atoms with Gasteiger partial charge in [0.15, 0.2) is 5.60 Å². The minimum absolute atomic E-state index is 0.269. The summed E-state index contributed by atoms with van der Waals surface area (Å²) in [6.07, 6.45) is 0.580. The highest BCUT2D eigenvalue weighted by molar-refractivity contribution is 5.58. The van der Waals surface area contributed by atoms with Gasteiger partial charge >= 0.3 is 0 Å². The fourth-order valence-electron chi connectivity index (χ4n) is 2.41. The first-order chi connectivity index (χ1) is 9.62. The number of aryl methyl sites for hydroxylation is 1. The molecule has 1 fully saturated rings. The van der Waals surface area contributed by atoms with Crippen LogP contribution < -0.4 is 10.1 Å². The third kappa shape index (κ3) is 2.17. The molecule has 0 bridgehead atoms. The summed E-state index contributed by atoms with van der Waals surface area (Å²) in [6.45, 7) is 3.14. The Morgan fingerprint density at radius 1 is 1.45 bits per heavy atom. The highest BCUT2D eigenvalue weighted by Gasteiger charge is 2.38. The summed E-state index contributed by atoms with van der Waals surface area (Å²) in [5, 5.41) is 17.4. The molecule has 106 valence electrons. The van der Waals surface area contributed by atoms with E-state index in [1.165, 1.54) is 0 Å². The van der Waals surface area contributed by atoms with E-state index >= 15 is 0 Å². The number of hydrogen-bond acceptors (Lipinski definition) is 6. The molecule has 2 N–H and O–H groups in total. The van der Waals surface area contributed by atoms with Gasteiger partial charge in [-0.05, 0) is 43.7 Å². The second kappa shape index (κ2) is 4.88. The van der Waals surface area contributed by atoms with Crippen LogP contribution in [0.2, 0.25) is 0 Å². The van der Waals surface area contributed by atoms with E-state index in [0.717, 1.165) is 23.4 Å². The van der Waals surface area contributed by atoms with Crippen molar-refractivity contribution in [3.63, 3.8) is 0 Å². The van der Waals surface area contributed by atoms with Crippen LogP contribution in [0.4, 0.5) is 0 Å². The van der Waals surface area contributed by atoms with Crippen molar-refractivity contribution in [2.75, 3.05) is 20.2 Å². The van der Waals surface area contributed by atoms with Crippen molar-refractivity contribution in [3.05, 3.63) is 29.7 Å². The van der Waals surface area contributed by atoms with Crippen LogP contribution in [0.5, 0.6) is 5.75 Å². The highest BCUT2D eigenvalue weighted by atomic mass is 16.5. The summed E-state index contributed by atoms with van der Waals surface area (Å²) in [6, 6.07) is 5.67. The molecule has 1 aliphatic rings. The number of benzene rings is 1. The lowest BCUT2D eigenvalue weighted by molar-refractivity contribution is 0.0243. The first-order valence-electron chi connectivity index (χ1n) is 6.55. The summed E-state index contributed by atoms with van der Waals surface area (Å²) in [5.41, 5.74) is 0.790. The zero-order valence-electron chi connectivity index (χ0n) is 11.5. The van der Waals surface area contributed by atoms with Gasteiger partial charge in [0.2, 0.25) is 5.82 Å². The zero-order valence-corrected chi connectivity index (χ0v) is 11.5. The number of aromatic nitrogens is 2. The number of β-amino-alcohol motifs (C(OH)–C–C–N with tert-alkyl or cyclic N) is 1. The lowest BCUT2D eigenvalue weighted by Gasteiger charge is -2.14. The minimum Gasteiger partial charge on any atom is -0.496 e. The van der Waals surface area contributed by atoms with Crippen molar-refractivity contribution < 1.29 is 14.4 Å². The number of aliphatic hydroxyl groups is 1. The van der Waals surface area contributed by atoms with Gasteiger partial charge in [-0.15, -0.1) is 0 Å². The number of methoxy groups -OCH3 is 1. The molecule has 0 radical (unpaired) electrons. The SMILES string of the molecule is COc1ccc(-c2noc(C3(O)CCNC3)n2)cc1C. The van der Waals surface area contributed by atoms with Crippen molar-refractivity contribution in [2.45, 2.75) is 18.9 Å². The quantitative estimate of drug-likeness (QED) is 0.877. The lowest BCUT2D eigenvalue weighted by Crippen LogP contribution is -2.28. The Bertz CT molecular complexity index is 618. The molecule has 1 aromatic heterocycles. The molecule has 1 aromatic carbocycles. The molecule has 1 saturated heterocycles. The third-order valence-corrected chi connectivity index (χ3v) is 3.61. The smallest absolute Gasteiger partial charge is 0.260 e. The second-order valence-corrected chi connectivity index (χ2v) is 5.07. The van der Waals surface area contributed by atoms with Crippen LogP contribution in [0.15, 0.2) is 22.7 Å². The molecule has 0 amide bonds. The fourth-order valence-corrected chi connectivity index (χ4v) is 2.41. The molecule has 6 heteroatoms. The predicted molar refractivity (Wildman–Crippen MR) is 72.4 cm³/mol. The number of rotatable bonds is 3. The van der Waals surface area contributed by atoms with Gasteiger partial charge in [-0.25, -0.2) is 0 Å². The molecule has 6 nitrogen and oxygen atoms in total. The number of ether oxygens (including phenoxy) is 1. The van der Waals surface area contributed by atoms with Crippen LogP contribution >= 0.6 is 0 Å². The zero-order chi connectivity index (χ0) is 14.2. The molecular formula is C14H17N3O3. The Morgan fingerprint density at radius 3 is 2.95 bits per heavy atom. The maximum Gasteiger partial charge on any atom is 0.260 e. The molecule has 2 aromatic rings. The van der Waals surface area contributed by atoms with Crippen LogP contribution in [0.25, 0.3) is 11.4 Å². The summed E-state index contributed by atoms with van der Waals surface area (Å²) < 4.78 is 10.4. The highest BCUT2D eigenvalue weighted by Crippen LogP contribution is 2.29. The Kier molecular flexibility index (Phi) is 3.19. The first-order valence-corrected chi connectivity index (χ1v) is 6.55. The van der Waals surface area contributed by atoms with Crippen molar-refractivity contribution in [1.29, 1.82) is 0 Å². The van der Waals surface area contributed by atoms with Gasteiger partial charge < -0.3 is 19.7 Å². The standard InChI is InChI=1S/C14H17N3O3/c1-9-7-10(3-4-11(9)19-2)12-16-13(20-17-12)14(18)5-6-15-8-14/h3-4,7,15,18H,5-6,8H2,1-2H3. The topological polar surface area (TPSA) is 80.4 Å². The average Bonchev–Trinajstić information content (AvgIpc) is 3.08. The van der Waals surface area contributed by atoms with E-state index in [2.05, 4.69) is 15.5 Å². The maximum atomic E-state index is 10.4. The van der Waals surface area contributed by atoms with Gasteiger partial charge in [0, 0.05) is 12.1 Å². The Hall–Kier alpha value is -1.92. The average molecular weight is 275 g/mol. The summed E-state index contributed by atoms with van der Waals surface area (Å²) in [7, 11) is 1.64. The first kappa shape index (κ1) is 13.1. The van der Waals surface area contributed by atoms with Crippen LogP contribution in [0.3, 0.4) is 0 Å². The van der Waals surface area contributed by atoms with Gasteiger partial charge in [0.1, 0.15) is 5.75 Å². The molecule has 1 aliphatic heterocycles. The number of nitrogens with one attached hydrogen (secondary N) is 1. The molecule has 20 heavy (non-hydrogen) atoms. The Morgan fingerprint density at radius 2 is 2.30 bits per heavy atom. The van der Waals surface area contributed by atoms with Crippen LogP contribution in [-0.2, 0) is 5.60 Å². The largest absolute Gasteiger partial charge is 0.496 e. The van der Waals surface area contributed by atoms with Crippen molar-refractivity contribution in [3.8, 4) is 17.1 Å². The molecule has 1 atom stereocenters. The monoisotopic (exact) mass is 275 g/mol. The van der Waals surface area contributed by atoms with Crippen molar-refractivity contribution in [2.24, 2.45) is 0 Å². The van der Waals surface area contributed by atoms with Gasteiger partial charge in [-0.1, -0.05) is 5.16 Å². The van der Waals surface area contributed by atoms with Gasteiger partial charge in [-0.2, -0.15) is 4.98 Å². The molecule has 2 heterocycles. The normalized spacial score (nSPS) is 22.1. The van der Waals surface area contributed by atoms with E-state index in [9.17, 15) is 5.11 Å². The summed E-state index contributed by atoms with van der Waals surface area (Å²) >= 11 is 0. The van der Waals surface area contributed by atoms with E-state index in [1.54, 1.807) is 7.11 Å². The second-order valence-electron chi connectivity index (χ2n) is 5.07. The maximum absolute atomic E-state index is 10.4. The fraction of sp³-hybridized carbons (Fsp3) is 0.429. The number of hydrogen-bond donors (Lipinski definition) is 2. The van der Waals surface area contributed by atoms with Gasteiger partial charge in [0.05, 0.1) is 7.11 Å². The van der Waals surface area contributed by atoms with Crippen molar-refractivity contribution >= 4 is 0 Å². The molecule has 0 spiro atoms. The molecule has 3 rings (SSSR count). The minimum atomic E-state index is -1.05. The van der Waals surface area contributed by atoms with Crippen LogP contribution in [-0.4, -0.2) is 35.4 Å². The van der Waals surface area contributed by atoms with Gasteiger partial charge in [-0.3, -0.25) is 0 Å². The van der Waals surface area contributed by atoms with E-state index in [4.69, 9.17) is 9.26 Å². The summed E-state index contributed by atoms with van der Waals surface area (Å²) in [4.78, 5) is 4.32. The Labute approximate surface area is 116 Å². The van der Waals surface area contributed by atoms with E-state index in [0.29, 0.717) is 18.8 Å². The molecule has 1 unspecified atom stereocenters. The van der Waals surface area contributed by atoms with Crippen molar-refractivity contribution in [1.82, 2.24) is 15.5 Å². The van der Waals surface area contributed by atoms with Gasteiger partial charge in [0.25, 0.3) is 5.89 Å². The Balaban J connectivity index is 1.92. The van der Waals surface area contributed by atoms with Crippen LogP contribution in [0, 0.1) is 6.92 Å². The van der Waals surface area contributed by atoms with E-state index < -0.39 is 5.60 Å². The lowest BCUT2D eigenvalue weighted by atomic mass is 10.0. The van der Waals surface area contributed by atoms with E-state index in [1.807, 2.05) is 25.1 Å². The predicted octanol–water partition coefficient (Wildman–Crippen LogP) is 1.23. The molecule has 0 aliphatic carbocycles.